The standard InChI is InChI=1S/C35H26F3N9O2/c1-46-22-27(21-43-46)25-9-16-31(40-19-25)47(34(48)42-18-23-5-3-2-4-6-23)29-12-10-28(11-13-29)44-33-41-20-26(17-39)32(45-33)24-7-14-30(15-8-24)49-35(36,37)38/h2-16,19-22H,18H2,1H3,(H,42,48)(H,41,44,45). The van der Waals surface area contributed by atoms with Crippen LogP contribution in [0.15, 0.2) is 116 Å². The van der Waals surface area contributed by atoms with E-state index in [2.05, 4.69) is 35.4 Å². The Morgan fingerprint density at radius 2 is 1.63 bits per heavy atom. The molecule has 14 heteroatoms. The van der Waals surface area contributed by atoms with Crippen LogP contribution in [0.4, 0.5) is 41.1 Å². The Morgan fingerprint density at radius 3 is 2.27 bits per heavy atom. The molecule has 244 valence electrons. The van der Waals surface area contributed by atoms with Crippen LogP contribution in [0.1, 0.15) is 11.1 Å². The minimum atomic E-state index is -4.83. The Morgan fingerprint density at radius 1 is 0.898 bits per heavy atom. The van der Waals surface area contributed by atoms with Crippen molar-refractivity contribution in [2.45, 2.75) is 12.9 Å². The second kappa shape index (κ2) is 13.9. The van der Waals surface area contributed by atoms with Gasteiger partial charge in [-0.1, -0.05) is 30.3 Å². The highest BCUT2D eigenvalue weighted by Gasteiger charge is 2.31. The zero-order valence-corrected chi connectivity index (χ0v) is 25.8. The van der Waals surface area contributed by atoms with Gasteiger partial charge in [0.1, 0.15) is 17.6 Å². The van der Waals surface area contributed by atoms with Crippen molar-refractivity contribution in [2.24, 2.45) is 7.05 Å². The van der Waals surface area contributed by atoms with Crippen LogP contribution in [0, 0.1) is 11.3 Å². The van der Waals surface area contributed by atoms with Gasteiger partial charge in [0, 0.05) is 48.4 Å². The molecule has 3 heterocycles. The average Bonchev–Trinajstić information content (AvgIpc) is 3.54. The number of aromatic nitrogens is 5. The molecule has 0 atom stereocenters. The zero-order valence-electron chi connectivity index (χ0n) is 25.8. The van der Waals surface area contributed by atoms with Crippen molar-refractivity contribution in [1.82, 2.24) is 30.0 Å². The molecule has 0 fully saturated rings. The van der Waals surface area contributed by atoms with Crippen LogP contribution < -0.4 is 20.3 Å². The zero-order chi connectivity index (χ0) is 34.4. The molecule has 0 bridgehead atoms. The van der Waals surface area contributed by atoms with Gasteiger partial charge in [-0.3, -0.25) is 4.68 Å². The summed E-state index contributed by atoms with van der Waals surface area (Å²) in [5, 5.41) is 19.8. The largest absolute Gasteiger partial charge is 0.573 e. The van der Waals surface area contributed by atoms with Gasteiger partial charge < -0.3 is 15.4 Å². The number of nitriles is 1. The molecule has 0 aliphatic heterocycles. The third-order valence-electron chi connectivity index (χ3n) is 7.16. The van der Waals surface area contributed by atoms with E-state index in [1.807, 2.05) is 55.7 Å². The number of carbonyl (C=O) groups excluding carboxylic acids is 1. The fourth-order valence-electron chi connectivity index (χ4n) is 4.85. The normalized spacial score (nSPS) is 11.0. The van der Waals surface area contributed by atoms with Gasteiger partial charge in [0.15, 0.2) is 0 Å². The number of halogens is 3. The van der Waals surface area contributed by atoms with E-state index in [1.54, 1.807) is 47.4 Å². The second-order valence-corrected chi connectivity index (χ2v) is 10.6. The Labute approximate surface area is 278 Å². The van der Waals surface area contributed by atoms with Crippen molar-refractivity contribution in [3.63, 3.8) is 0 Å². The third-order valence-corrected chi connectivity index (χ3v) is 7.16. The number of urea groups is 1. The monoisotopic (exact) mass is 661 g/mol. The maximum absolute atomic E-state index is 13.6. The lowest BCUT2D eigenvalue weighted by atomic mass is 10.1. The predicted molar refractivity (Wildman–Crippen MR) is 176 cm³/mol. The van der Waals surface area contributed by atoms with E-state index < -0.39 is 18.1 Å². The van der Waals surface area contributed by atoms with Gasteiger partial charge in [-0.15, -0.1) is 13.2 Å². The van der Waals surface area contributed by atoms with Crippen LogP contribution in [0.25, 0.3) is 22.4 Å². The molecule has 49 heavy (non-hydrogen) atoms. The SMILES string of the molecule is Cn1cc(-c2ccc(N(C(=O)NCc3ccccc3)c3ccc(Nc4ncc(C#N)c(-c5ccc(OC(F)(F)F)cc5)n4)cc3)nc2)cn1. The quantitative estimate of drug-likeness (QED) is 0.163. The van der Waals surface area contributed by atoms with Gasteiger partial charge in [0.05, 0.1) is 29.3 Å². The highest BCUT2D eigenvalue weighted by Crippen LogP contribution is 2.30. The van der Waals surface area contributed by atoms with E-state index in [0.29, 0.717) is 29.3 Å². The number of nitrogens with one attached hydrogen (secondary N) is 2. The Kier molecular flexibility index (Phi) is 9.16. The molecule has 0 saturated heterocycles. The van der Waals surface area contributed by atoms with Crippen molar-refractivity contribution < 1.29 is 22.7 Å². The number of amides is 2. The smallest absolute Gasteiger partial charge is 0.406 e. The summed E-state index contributed by atoms with van der Waals surface area (Å²) in [4.78, 5) is 28.3. The van der Waals surface area contributed by atoms with Crippen LogP contribution in [0.5, 0.6) is 5.75 Å². The summed E-state index contributed by atoms with van der Waals surface area (Å²) in [5.41, 5.74) is 4.50. The van der Waals surface area contributed by atoms with E-state index in [-0.39, 0.29) is 17.2 Å². The van der Waals surface area contributed by atoms with E-state index >= 15 is 0 Å². The minimum absolute atomic E-state index is 0.129. The molecule has 0 spiro atoms. The molecule has 11 nitrogen and oxygen atoms in total. The van der Waals surface area contributed by atoms with E-state index in [0.717, 1.165) is 28.8 Å². The molecule has 0 unspecified atom stereocenters. The fourth-order valence-corrected chi connectivity index (χ4v) is 4.85. The lowest BCUT2D eigenvalue weighted by Crippen LogP contribution is -2.37. The molecule has 0 aliphatic rings. The number of hydrogen-bond donors (Lipinski definition) is 2. The van der Waals surface area contributed by atoms with Gasteiger partial charge in [0.25, 0.3) is 0 Å². The van der Waals surface area contributed by atoms with Crippen molar-refractivity contribution in [3.8, 4) is 34.2 Å². The van der Waals surface area contributed by atoms with Gasteiger partial charge >= 0.3 is 12.4 Å². The highest BCUT2D eigenvalue weighted by atomic mass is 19.4. The van der Waals surface area contributed by atoms with E-state index in [4.69, 9.17) is 0 Å². The number of hydrogen-bond acceptors (Lipinski definition) is 8. The molecule has 3 aromatic carbocycles. The van der Waals surface area contributed by atoms with Crippen LogP contribution in [0.3, 0.4) is 0 Å². The predicted octanol–water partition coefficient (Wildman–Crippen LogP) is 7.50. The van der Waals surface area contributed by atoms with Crippen LogP contribution in [0.2, 0.25) is 0 Å². The van der Waals surface area contributed by atoms with E-state index in [1.165, 1.54) is 23.2 Å². The molecule has 0 saturated carbocycles. The van der Waals surface area contributed by atoms with Crippen molar-refractivity contribution >= 4 is 29.2 Å². The Bertz CT molecular complexity index is 2100. The van der Waals surface area contributed by atoms with Gasteiger partial charge in [-0.25, -0.2) is 24.6 Å². The van der Waals surface area contributed by atoms with Crippen molar-refractivity contribution in [2.75, 3.05) is 10.2 Å². The summed E-state index contributed by atoms with van der Waals surface area (Å²) in [6.45, 7) is 0.306. The molecule has 2 amide bonds. The van der Waals surface area contributed by atoms with Crippen LogP contribution in [-0.4, -0.2) is 37.1 Å². The number of rotatable bonds is 9. The first-order chi connectivity index (χ1) is 23.6. The highest BCUT2D eigenvalue weighted by molar-refractivity contribution is 5.98. The lowest BCUT2D eigenvalue weighted by Gasteiger charge is -2.23. The lowest BCUT2D eigenvalue weighted by molar-refractivity contribution is -0.274. The fraction of sp³-hybridized carbons (Fsp3) is 0.0857. The van der Waals surface area contributed by atoms with Crippen molar-refractivity contribution in [3.05, 3.63) is 127 Å². The molecule has 6 aromatic rings. The number of carbonyl (C=O) groups is 1. The molecule has 0 radical (unpaired) electrons. The van der Waals surface area contributed by atoms with Gasteiger partial charge in [-0.05, 0) is 66.2 Å². The molecule has 2 N–H and O–H groups in total. The number of alkyl halides is 3. The summed E-state index contributed by atoms with van der Waals surface area (Å²) in [5.74, 6) is 0.137. The summed E-state index contributed by atoms with van der Waals surface area (Å²) >= 11 is 0. The Hall–Kier alpha value is -6.75. The summed E-state index contributed by atoms with van der Waals surface area (Å²) < 4.78 is 43.4. The molecule has 6 rings (SSSR count). The molecule has 3 aromatic heterocycles. The minimum Gasteiger partial charge on any atom is -0.406 e. The number of nitrogens with zero attached hydrogens (tertiary/aromatic N) is 7. The first kappa shape index (κ1) is 32.2. The van der Waals surface area contributed by atoms with E-state index in [9.17, 15) is 23.2 Å². The van der Waals surface area contributed by atoms with Crippen LogP contribution in [-0.2, 0) is 13.6 Å². The topological polar surface area (TPSA) is 134 Å². The van der Waals surface area contributed by atoms with Gasteiger partial charge in [0.2, 0.25) is 5.95 Å². The second-order valence-electron chi connectivity index (χ2n) is 10.6. The molecule has 0 aliphatic carbocycles. The van der Waals surface area contributed by atoms with Crippen molar-refractivity contribution in [1.29, 1.82) is 5.26 Å². The number of aryl methyl sites for hydroxylation is 1. The third kappa shape index (κ3) is 7.98. The number of anilines is 4. The number of benzene rings is 3. The Balaban J connectivity index is 1.24. The maximum Gasteiger partial charge on any atom is 0.573 e. The summed E-state index contributed by atoms with van der Waals surface area (Å²) in [7, 11) is 1.83. The number of pyridine rings is 1. The first-order valence-corrected chi connectivity index (χ1v) is 14.7. The number of ether oxygens (including phenoxy) is 1. The van der Waals surface area contributed by atoms with Gasteiger partial charge in [-0.2, -0.15) is 10.4 Å². The maximum atomic E-state index is 13.6. The first-order valence-electron chi connectivity index (χ1n) is 14.7. The molecular weight excluding hydrogens is 635 g/mol. The summed E-state index contributed by atoms with van der Waals surface area (Å²) in [6.07, 6.45) is 1.77. The average molecular weight is 662 g/mol. The summed E-state index contributed by atoms with van der Waals surface area (Å²) in [6, 6.07) is 26.7. The molecular formula is C35H26F3N9O2. The van der Waals surface area contributed by atoms with Crippen LogP contribution >= 0.6 is 0 Å².